The maximum atomic E-state index is 12.9. The van der Waals surface area contributed by atoms with Crippen molar-refractivity contribution in [1.29, 1.82) is 0 Å². The predicted octanol–water partition coefficient (Wildman–Crippen LogP) is 3.44. The summed E-state index contributed by atoms with van der Waals surface area (Å²) in [7, 11) is 1.56. The number of aromatic nitrogens is 1. The first-order chi connectivity index (χ1) is 17.0. The SMILES string of the molecule is COc1ccccc1CNC(=O)COC(=O)[C@@H](Cc1c[nH]c2ccccc12)NC(=O)c1cccs1. The minimum atomic E-state index is -0.967. The second-order valence-electron chi connectivity index (χ2n) is 7.76. The number of para-hydroxylation sites is 2. The van der Waals surface area contributed by atoms with Gasteiger partial charge in [0.2, 0.25) is 0 Å². The fourth-order valence-electron chi connectivity index (χ4n) is 3.68. The van der Waals surface area contributed by atoms with Crippen molar-refractivity contribution in [2.24, 2.45) is 0 Å². The van der Waals surface area contributed by atoms with Gasteiger partial charge in [-0.05, 0) is 29.1 Å². The number of nitrogens with one attached hydrogen (secondary N) is 3. The number of hydrogen-bond acceptors (Lipinski definition) is 6. The third-order valence-electron chi connectivity index (χ3n) is 5.45. The number of amides is 2. The van der Waals surface area contributed by atoms with Crippen LogP contribution in [-0.2, 0) is 27.3 Å². The van der Waals surface area contributed by atoms with E-state index in [4.69, 9.17) is 9.47 Å². The summed E-state index contributed by atoms with van der Waals surface area (Å²) in [5.74, 6) is -0.866. The Morgan fingerprint density at radius 3 is 2.60 bits per heavy atom. The lowest BCUT2D eigenvalue weighted by molar-refractivity contribution is -0.150. The molecule has 1 atom stereocenters. The molecule has 0 aliphatic rings. The van der Waals surface area contributed by atoms with Gasteiger partial charge in [-0.15, -0.1) is 11.3 Å². The summed E-state index contributed by atoms with van der Waals surface area (Å²) in [4.78, 5) is 41.6. The van der Waals surface area contributed by atoms with Crippen molar-refractivity contribution in [3.05, 3.63) is 88.2 Å². The second-order valence-corrected chi connectivity index (χ2v) is 8.71. The Hall–Kier alpha value is -4.11. The van der Waals surface area contributed by atoms with Gasteiger partial charge in [-0.1, -0.05) is 42.5 Å². The second kappa shape index (κ2) is 11.3. The molecule has 35 heavy (non-hydrogen) atoms. The first kappa shape index (κ1) is 24.0. The normalized spacial score (nSPS) is 11.6. The van der Waals surface area contributed by atoms with Crippen LogP contribution in [-0.4, -0.2) is 42.5 Å². The number of fused-ring (bicyclic) bond motifs is 1. The van der Waals surface area contributed by atoms with Crippen molar-refractivity contribution in [2.45, 2.75) is 19.0 Å². The number of hydrogen-bond donors (Lipinski definition) is 3. The Morgan fingerprint density at radius 2 is 1.80 bits per heavy atom. The molecule has 2 heterocycles. The summed E-state index contributed by atoms with van der Waals surface area (Å²) in [5, 5.41) is 8.20. The highest BCUT2D eigenvalue weighted by atomic mass is 32.1. The Balaban J connectivity index is 1.40. The predicted molar refractivity (Wildman–Crippen MR) is 133 cm³/mol. The number of ether oxygens (including phenoxy) is 2. The van der Waals surface area contributed by atoms with E-state index in [1.54, 1.807) is 30.7 Å². The minimum Gasteiger partial charge on any atom is -0.496 e. The molecule has 2 aromatic heterocycles. The highest BCUT2D eigenvalue weighted by Gasteiger charge is 2.25. The molecule has 0 aliphatic heterocycles. The molecule has 0 unspecified atom stereocenters. The van der Waals surface area contributed by atoms with Gasteiger partial charge in [-0.2, -0.15) is 0 Å². The fourth-order valence-corrected chi connectivity index (χ4v) is 4.31. The first-order valence-electron chi connectivity index (χ1n) is 11.0. The number of aromatic amines is 1. The Morgan fingerprint density at radius 1 is 1.00 bits per heavy atom. The molecule has 0 spiro atoms. The number of carbonyl (C=O) groups excluding carboxylic acids is 3. The van der Waals surface area contributed by atoms with E-state index in [0.717, 1.165) is 22.0 Å². The summed E-state index contributed by atoms with van der Waals surface area (Å²) in [6, 6.07) is 17.5. The van der Waals surface area contributed by atoms with Gasteiger partial charge >= 0.3 is 5.97 Å². The molecule has 9 heteroatoms. The maximum Gasteiger partial charge on any atom is 0.329 e. The molecule has 2 aromatic carbocycles. The molecule has 0 bridgehead atoms. The van der Waals surface area contributed by atoms with Crippen molar-refractivity contribution >= 4 is 40.0 Å². The lowest BCUT2D eigenvalue weighted by Gasteiger charge is -2.17. The van der Waals surface area contributed by atoms with Gasteiger partial charge in [-0.25, -0.2) is 4.79 Å². The van der Waals surface area contributed by atoms with Crippen molar-refractivity contribution in [3.63, 3.8) is 0 Å². The summed E-state index contributed by atoms with van der Waals surface area (Å²) in [5.41, 5.74) is 2.58. The van der Waals surface area contributed by atoms with Crippen LogP contribution >= 0.6 is 11.3 Å². The van der Waals surface area contributed by atoms with Gasteiger partial charge in [0.25, 0.3) is 11.8 Å². The largest absolute Gasteiger partial charge is 0.496 e. The van der Waals surface area contributed by atoms with Crippen LogP contribution in [0.4, 0.5) is 0 Å². The zero-order valence-corrected chi connectivity index (χ0v) is 19.9. The van der Waals surface area contributed by atoms with Gasteiger partial charge in [-0.3, -0.25) is 9.59 Å². The Labute approximate surface area is 206 Å². The van der Waals surface area contributed by atoms with E-state index in [-0.39, 0.29) is 18.9 Å². The molecule has 180 valence electrons. The molecule has 2 amide bonds. The van der Waals surface area contributed by atoms with Crippen molar-refractivity contribution in [2.75, 3.05) is 13.7 Å². The van der Waals surface area contributed by atoms with Crippen molar-refractivity contribution in [3.8, 4) is 5.75 Å². The van der Waals surface area contributed by atoms with Gasteiger partial charge in [0.1, 0.15) is 11.8 Å². The number of esters is 1. The Kier molecular flexibility index (Phi) is 7.79. The number of carbonyl (C=O) groups is 3. The van der Waals surface area contributed by atoms with Crippen LogP contribution in [0.1, 0.15) is 20.8 Å². The third-order valence-corrected chi connectivity index (χ3v) is 6.32. The zero-order chi connectivity index (χ0) is 24.6. The third kappa shape index (κ3) is 6.07. The highest BCUT2D eigenvalue weighted by Crippen LogP contribution is 2.20. The van der Waals surface area contributed by atoms with E-state index >= 15 is 0 Å². The van der Waals surface area contributed by atoms with Crippen LogP contribution < -0.4 is 15.4 Å². The quantitative estimate of drug-likeness (QED) is 0.295. The number of methoxy groups -OCH3 is 1. The minimum absolute atomic E-state index is 0.211. The number of benzene rings is 2. The van der Waals surface area contributed by atoms with E-state index in [9.17, 15) is 14.4 Å². The van der Waals surface area contributed by atoms with Gasteiger partial charge in [0.15, 0.2) is 6.61 Å². The monoisotopic (exact) mass is 491 g/mol. The van der Waals surface area contributed by atoms with Crippen LogP contribution in [0.2, 0.25) is 0 Å². The highest BCUT2D eigenvalue weighted by molar-refractivity contribution is 7.12. The molecular formula is C26H25N3O5S. The van der Waals surface area contributed by atoms with Crippen LogP contribution in [0.5, 0.6) is 5.75 Å². The van der Waals surface area contributed by atoms with E-state index < -0.39 is 24.5 Å². The van der Waals surface area contributed by atoms with E-state index in [1.807, 2.05) is 48.7 Å². The van der Waals surface area contributed by atoms with Crippen LogP contribution in [0.3, 0.4) is 0 Å². The van der Waals surface area contributed by atoms with Gasteiger partial charge < -0.3 is 25.1 Å². The number of H-pyrrole nitrogens is 1. The van der Waals surface area contributed by atoms with E-state index in [2.05, 4.69) is 15.6 Å². The van der Waals surface area contributed by atoms with E-state index in [0.29, 0.717) is 10.6 Å². The smallest absolute Gasteiger partial charge is 0.329 e. The summed E-state index contributed by atoms with van der Waals surface area (Å²) >= 11 is 1.28. The average Bonchev–Trinajstić information content (AvgIpc) is 3.56. The molecule has 4 aromatic rings. The van der Waals surface area contributed by atoms with Crippen LogP contribution in [0, 0.1) is 0 Å². The molecular weight excluding hydrogens is 466 g/mol. The lowest BCUT2D eigenvalue weighted by Crippen LogP contribution is -2.44. The summed E-state index contributed by atoms with van der Waals surface area (Å²) in [6.45, 7) is -0.235. The lowest BCUT2D eigenvalue weighted by atomic mass is 10.0. The molecule has 3 N–H and O–H groups in total. The molecule has 0 saturated carbocycles. The first-order valence-corrected chi connectivity index (χ1v) is 11.9. The van der Waals surface area contributed by atoms with Crippen LogP contribution in [0.25, 0.3) is 10.9 Å². The number of thiophene rings is 1. The molecule has 0 saturated heterocycles. The average molecular weight is 492 g/mol. The standard InChI is InChI=1S/C26H25N3O5S/c1-33-22-10-5-2-7-17(22)14-28-24(30)16-34-26(32)21(29-25(31)23-11-6-12-35-23)13-18-15-27-20-9-4-3-8-19(18)20/h2-12,15,21,27H,13-14,16H2,1H3,(H,28,30)(H,29,31)/t21-/m1/s1. The van der Waals surface area contributed by atoms with Crippen LogP contribution in [0.15, 0.2) is 72.2 Å². The number of rotatable bonds is 10. The van der Waals surface area contributed by atoms with Crippen molar-refractivity contribution < 1.29 is 23.9 Å². The van der Waals surface area contributed by atoms with Gasteiger partial charge in [0, 0.05) is 35.6 Å². The molecule has 4 rings (SSSR count). The van der Waals surface area contributed by atoms with E-state index in [1.165, 1.54) is 11.3 Å². The fraction of sp³-hybridized carbons (Fsp3) is 0.192. The summed E-state index contributed by atoms with van der Waals surface area (Å²) < 4.78 is 10.6. The molecule has 8 nitrogen and oxygen atoms in total. The maximum absolute atomic E-state index is 12.9. The molecule has 0 radical (unpaired) electrons. The van der Waals surface area contributed by atoms with Gasteiger partial charge in [0.05, 0.1) is 12.0 Å². The molecule has 0 fully saturated rings. The van der Waals surface area contributed by atoms with Crippen molar-refractivity contribution in [1.82, 2.24) is 15.6 Å². The zero-order valence-electron chi connectivity index (χ0n) is 19.1. The Bertz CT molecular complexity index is 1320. The molecule has 0 aliphatic carbocycles. The topological polar surface area (TPSA) is 110 Å². The summed E-state index contributed by atoms with van der Waals surface area (Å²) in [6.07, 6.45) is 2.02.